The van der Waals surface area contributed by atoms with Crippen molar-refractivity contribution in [3.63, 3.8) is 0 Å². The van der Waals surface area contributed by atoms with E-state index in [1.165, 1.54) is 4.88 Å². The molecule has 2 atom stereocenters. The fourth-order valence-electron chi connectivity index (χ4n) is 1.91. The Balaban J connectivity index is 2.08. The van der Waals surface area contributed by atoms with Gasteiger partial charge in [-0.15, -0.1) is 11.3 Å². The van der Waals surface area contributed by atoms with Crippen LogP contribution in [0.25, 0.3) is 0 Å². The molecule has 1 aromatic rings. The van der Waals surface area contributed by atoms with Crippen LogP contribution < -0.4 is 5.32 Å². The van der Waals surface area contributed by atoms with Crippen molar-refractivity contribution in [2.24, 2.45) is 5.92 Å². The highest BCUT2D eigenvalue weighted by molar-refractivity contribution is 7.10. The summed E-state index contributed by atoms with van der Waals surface area (Å²) in [6.07, 6.45) is 1.51. The first-order valence-corrected chi connectivity index (χ1v) is 7.36. The molecule has 1 rings (SSSR count). The van der Waals surface area contributed by atoms with Gasteiger partial charge in [-0.2, -0.15) is 0 Å². The average Bonchev–Trinajstić information content (AvgIpc) is 2.76. The van der Waals surface area contributed by atoms with E-state index in [9.17, 15) is 0 Å². The summed E-state index contributed by atoms with van der Waals surface area (Å²) in [5.41, 5.74) is 0. The maximum Gasteiger partial charge on any atom is 0.0594 e. The predicted molar refractivity (Wildman–Crippen MR) is 75.6 cm³/mol. The Morgan fingerprint density at radius 1 is 1.29 bits per heavy atom. The van der Waals surface area contributed by atoms with Crippen LogP contribution >= 0.6 is 11.3 Å². The van der Waals surface area contributed by atoms with Crippen LogP contribution in [-0.2, 0) is 4.74 Å². The van der Waals surface area contributed by atoms with Gasteiger partial charge in [0.15, 0.2) is 0 Å². The van der Waals surface area contributed by atoms with E-state index in [1.54, 1.807) is 11.3 Å². The molecular weight excluding hydrogens is 230 g/mol. The van der Waals surface area contributed by atoms with Crippen molar-refractivity contribution < 1.29 is 4.74 Å². The van der Waals surface area contributed by atoms with E-state index in [2.05, 4.69) is 50.5 Å². The molecule has 0 fully saturated rings. The predicted octanol–water partition coefficient (Wildman–Crippen LogP) is 3.85. The summed E-state index contributed by atoms with van der Waals surface area (Å²) in [6, 6.07) is 4.70. The van der Waals surface area contributed by atoms with Gasteiger partial charge in [-0.25, -0.2) is 0 Å². The molecule has 0 bridgehead atoms. The van der Waals surface area contributed by atoms with Gasteiger partial charge < -0.3 is 10.1 Å². The zero-order valence-electron chi connectivity index (χ0n) is 11.4. The second kappa shape index (κ2) is 7.85. The number of hydrogen-bond acceptors (Lipinski definition) is 3. The van der Waals surface area contributed by atoms with E-state index in [-0.39, 0.29) is 0 Å². The van der Waals surface area contributed by atoms with Gasteiger partial charge in [-0.1, -0.05) is 19.9 Å². The number of ether oxygens (including phenoxy) is 1. The summed E-state index contributed by atoms with van der Waals surface area (Å²) < 4.78 is 5.76. The van der Waals surface area contributed by atoms with Gasteiger partial charge in [0.1, 0.15) is 0 Å². The molecule has 0 aliphatic rings. The molecule has 1 heterocycles. The lowest BCUT2D eigenvalue weighted by molar-refractivity contribution is 0.0530. The number of hydrogen-bond donors (Lipinski definition) is 1. The molecule has 98 valence electrons. The van der Waals surface area contributed by atoms with Crippen molar-refractivity contribution in [2.75, 3.05) is 13.2 Å². The van der Waals surface area contributed by atoms with Crippen LogP contribution in [0.1, 0.15) is 45.0 Å². The largest absolute Gasteiger partial charge is 0.377 e. The summed E-state index contributed by atoms with van der Waals surface area (Å²) in [4.78, 5) is 1.39. The second-order valence-electron chi connectivity index (χ2n) is 5.00. The summed E-state index contributed by atoms with van der Waals surface area (Å²) in [7, 11) is 0. The molecule has 0 aromatic carbocycles. The average molecular weight is 255 g/mol. The molecule has 0 saturated carbocycles. The number of thiophene rings is 1. The third kappa shape index (κ3) is 6.20. The molecule has 1 N–H and O–H groups in total. The van der Waals surface area contributed by atoms with Crippen LogP contribution in [-0.4, -0.2) is 19.3 Å². The van der Waals surface area contributed by atoms with Crippen LogP contribution in [0.15, 0.2) is 17.5 Å². The minimum absolute atomic E-state index is 0.369. The highest BCUT2D eigenvalue weighted by Crippen LogP contribution is 2.17. The molecule has 0 radical (unpaired) electrons. The molecule has 1 aromatic heterocycles. The zero-order valence-corrected chi connectivity index (χ0v) is 12.2. The van der Waals surface area contributed by atoms with Crippen molar-refractivity contribution in [3.8, 4) is 0 Å². The summed E-state index contributed by atoms with van der Waals surface area (Å²) >= 11 is 1.80. The lowest BCUT2D eigenvalue weighted by atomic mass is 10.1. The lowest BCUT2D eigenvalue weighted by Crippen LogP contribution is -2.24. The number of rotatable bonds is 8. The SMILES string of the molecule is CC(C)CC(C)OCCNC(C)c1cccs1. The Bertz CT molecular complexity index is 284. The van der Waals surface area contributed by atoms with Gasteiger partial charge in [-0.05, 0) is 37.6 Å². The van der Waals surface area contributed by atoms with Crippen LogP contribution in [0.5, 0.6) is 0 Å². The van der Waals surface area contributed by atoms with E-state index in [1.807, 2.05) is 0 Å². The van der Waals surface area contributed by atoms with Crippen molar-refractivity contribution in [2.45, 2.75) is 46.3 Å². The first-order chi connectivity index (χ1) is 8.09. The molecule has 3 heteroatoms. The van der Waals surface area contributed by atoms with Gasteiger partial charge in [0.2, 0.25) is 0 Å². The minimum Gasteiger partial charge on any atom is -0.377 e. The van der Waals surface area contributed by atoms with E-state index in [0.29, 0.717) is 18.1 Å². The molecule has 0 aliphatic carbocycles. The lowest BCUT2D eigenvalue weighted by Gasteiger charge is -2.17. The van der Waals surface area contributed by atoms with E-state index >= 15 is 0 Å². The maximum atomic E-state index is 5.76. The monoisotopic (exact) mass is 255 g/mol. The van der Waals surface area contributed by atoms with E-state index in [0.717, 1.165) is 19.6 Å². The summed E-state index contributed by atoms with van der Waals surface area (Å²) in [6.45, 7) is 10.5. The Morgan fingerprint density at radius 2 is 2.06 bits per heavy atom. The Morgan fingerprint density at radius 3 is 2.65 bits per heavy atom. The molecule has 0 saturated heterocycles. The van der Waals surface area contributed by atoms with Crippen molar-refractivity contribution in [1.82, 2.24) is 5.32 Å². The van der Waals surface area contributed by atoms with Gasteiger partial charge in [0.05, 0.1) is 12.7 Å². The molecule has 0 amide bonds. The van der Waals surface area contributed by atoms with Gasteiger partial charge in [0, 0.05) is 17.5 Å². The smallest absolute Gasteiger partial charge is 0.0594 e. The molecule has 2 nitrogen and oxygen atoms in total. The summed E-state index contributed by atoms with van der Waals surface area (Å²) in [5.74, 6) is 0.711. The van der Waals surface area contributed by atoms with Gasteiger partial charge in [-0.3, -0.25) is 0 Å². The van der Waals surface area contributed by atoms with Crippen LogP contribution in [0.4, 0.5) is 0 Å². The second-order valence-corrected chi connectivity index (χ2v) is 5.98. The molecule has 2 unspecified atom stereocenters. The third-order valence-corrected chi connectivity index (χ3v) is 3.78. The normalized spacial score (nSPS) is 15.1. The zero-order chi connectivity index (χ0) is 12.7. The molecular formula is C14H25NOS. The Labute approximate surface area is 109 Å². The summed E-state index contributed by atoms with van der Waals surface area (Å²) in [5, 5.41) is 5.60. The third-order valence-electron chi connectivity index (χ3n) is 2.73. The van der Waals surface area contributed by atoms with Crippen molar-refractivity contribution in [3.05, 3.63) is 22.4 Å². The molecule has 0 spiro atoms. The van der Waals surface area contributed by atoms with Crippen LogP contribution in [0, 0.1) is 5.92 Å². The highest BCUT2D eigenvalue weighted by atomic mass is 32.1. The van der Waals surface area contributed by atoms with Gasteiger partial charge >= 0.3 is 0 Å². The first kappa shape index (κ1) is 14.7. The topological polar surface area (TPSA) is 21.3 Å². The fourth-order valence-corrected chi connectivity index (χ4v) is 2.66. The Kier molecular flexibility index (Phi) is 6.78. The fraction of sp³-hybridized carbons (Fsp3) is 0.714. The Hall–Kier alpha value is -0.380. The maximum absolute atomic E-state index is 5.76. The first-order valence-electron chi connectivity index (χ1n) is 6.48. The molecule has 0 aliphatic heterocycles. The van der Waals surface area contributed by atoms with Crippen LogP contribution in [0.2, 0.25) is 0 Å². The van der Waals surface area contributed by atoms with E-state index in [4.69, 9.17) is 4.74 Å². The quantitative estimate of drug-likeness (QED) is 0.712. The van der Waals surface area contributed by atoms with Crippen molar-refractivity contribution in [1.29, 1.82) is 0 Å². The standard InChI is InChI=1S/C14H25NOS/c1-11(2)10-12(3)16-8-7-15-13(4)14-6-5-9-17-14/h5-6,9,11-13,15H,7-8,10H2,1-4H3. The van der Waals surface area contributed by atoms with Gasteiger partial charge in [0.25, 0.3) is 0 Å². The van der Waals surface area contributed by atoms with Crippen LogP contribution in [0.3, 0.4) is 0 Å². The van der Waals surface area contributed by atoms with E-state index < -0.39 is 0 Å². The molecule has 17 heavy (non-hydrogen) atoms. The highest BCUT2D eigenvalue weighted by Gasteiger charge is 2.07. The minimum atomic E-state index is 0.369. The van der Waals surface area contributed by atoms with Crippen molar-refractivity contribution >= 4 is 11.3 Å². The number of nitrogens with one attached hydrogen (secondary N) is 1.